The molecule has 3 rings (SSSR count). The highest BCUT2D eigenvalue weighted by atomic mass is 28.3. The summed E-state index contributed by atoms with van der Waals surface area (Å²) in [5, 5.41) is 7.23. The number of pyridine rings is 1. The van der Waals surface area contributed by atoms with Crippen molar-refractivity contribution in [1.29, 1.82) is 0 Å². The molecule has 2 aromatic heterocycles. The Morgan fingerprint density at radius 1 is 1.28 bits per heavy atom. The third-order valence-corrected chi connectivity index (χ3v) is 6.68. The van der Waals surface area contributed by atoms with Gasteiger partial charge >= 0.3 is 6.18 Å². The molecule has 2 aromatic rings. The lowest BCUT2D eigenvalue weighted by Gasteiger charge is -2.17. The van der Waals surface area contributed by atoms with Crippen molar-refractivity contribution in [3.63, 3.8) is 0 Å². The maximum Gasteiger partial charge on any atom is 0.451 e. The van der Waals surface area contributed by atoms with Crippen LogP contribution >= 0.6 is 0 Å². The molecule has 0 radical (unpaired) electrons. The number of aryl methyl sites for hydroxylation is 1. The van der Waals surface area contributed by atoms with Crippen molar-refractivity contribution in [1.82, 2.24) is 19.7 Å². The number of rotatable bonds is 7. The number of alkyl halides is 3. The molecule has 3 heterocycles. The zero-order chi connectivity index (χ0) is 21.2. The molecule has 0 N–H and O–H groups in total. The lowest BCUT2D eigenvalue weighted by molar-refractivity contribution is -0.149. The van der Waals surface area contributed by atoms with Crippen LogP contribution in [0.25, 0.3) is 11.4 Å². The number of halogens is 3. The van der Waals surface area contributed by atoms with E-state index in [0.29, 0.717) is 25.4 Å². The van der Waals surface area contributed by atoms with Crippen molar-refractivity contribution in [3.8, 4) is 11.4 Å². The molecule has 0 bridgehead atoms. The standard InChI is InChI=1S/C19H27F3N4O2Si/c1-13-16(14-5-6-27-11-14)9-15(10-23-13)17-24-25-18(19(20,21)22)26(17)12-28-7-8-29(2,3)4/h9-10,14H,5-8,11-12H2,1-4H3. The normalized spacial score (nSPS) is 17.8. The zero-order valence-corrected chi connectivity index (χ0v) is 18.2. The Kier molecular flexibility index (Phi) is 6.44. The van der Waals surface area contributed by atoms with Crippen LogP contribution in [0.2, 0.25) is 25.7 Å². The van der Waals surface area contributed by atoms with Crippen LogP contribution in [0.15, 0.2) is 12.3 Å². The van der Waals surface area contributed by atoms with E-state index in [1.165, 1.54) is 6.20 Å². The molecule has 1 fully saturated rings. The molecule has 0 saturated carbocycles. The van der Waals surface area contributed by atoms with Crippen molar-refractivity contribution in [2.45, 2.75) is 57.9 Å². The van der Waals surface area contributed by atoms with Gasteiger partial charge < -0.3 is 9.47 Å². The summed E-state index contributed by atoms with van der Waals surface area (Å²) in [6.45, 7) is 9.87. The topological polar surface area (TPSA) is 62.1 Å². The van der Waals surface area contributed by atoms with E-state index in [1.807, 2.05) is 13.0 Å². The second-order valence-corrected chi connectivity index (χ2v) is 14.2. The summed E-state index contributed by atoms with van der Waals surface area (Å²) in [6, 6.07) is 2.72. The highest BCUT2D eigenvalue weighted by Gasteiger charge is 2.39. The third-order valence-electron chi connectivity index (χ3n) is 4.97. The minimum atomic E-state index is -4.62. The summed E-state index contributed by atoms with van der Waals surface area (Å²) >= 11 is 0. The van der Waals surface area contributed by atoms with Gasteiger partial charge in [0.1, 0.15) is 6.73 Å². The first-order valence-corrected chi connectivity index (χ1v) is 13.4. The van der Waals surface area contributed by atoms with Gasteiger partial charge in [0, 0.05) is 44.7 Å². The predicted molar refractivity (Wildman–Crippen MR) is 105 cm³/mol. The Morgan fingerprint density at radius 3 is 2.66 bits per heavy atom. The molecule has 1 unspecified atom stereocenters. The Morgan fingerprint density at radius 2 is 2.03 bits per heavy atom. The summed E-state index contributed by atoms with van der Waals surface area (Å²) in [5.41, 5.74) is 2.31. The van der Waals surface area contributed by atoms with Gasteiger partial charge in [-0.25, -0.2) is 0 Å². The first-order valence-electron chi connectivity index (χ1n) is 9.69. The molecule has 0 aliphatic carbocycles. The van der Waals surface area contributed by atoms with Crippen molar-refractivity contribution in [2.24, 2.45) is 0 Å². The summed E-state index contributed by atoms with van der Waals surface area (Å²) in [6.07, 6.45) is -2.21. The van der Waals surface area contributed by atoms with E-state index in [1.54, 1.807) is 0 Å². The van der Waals surface area contributed by atoms with Crippen molar-refractivity contribution in [3.05, 3.63) is 29.3 Å². The fourth-order valence-corrected chi connectivity index (χ4v) is 4.00. The molecular weight excluding hydrogens is 401 g/mol. The first-order chi connectivity index (χ1) is 13.6. The minimum absolute atomic E-state index is 0.109. The molecule has 160 valence electrons. The number of nitrogens with zero attached hydrogens (tertiary/aromatic N) is 4. The molecule has 0 amide bonds. The quantitative estimate of drug-likeness (QED) is 0.481. The van der Waals surface area contributed by atoms with E-state index in [9.17, 15) is 13.2 Å². The van der Waals surface area contributed by atoms with Gasteiger partial charge in [-0.2, -0.15) is 13.2 Å². The van der Waals surface area contributed by atoms with Crippen molar-refractivity contribution >= 4 is 8.07 Å². The highest BCUT2D eigenvalue weighted by molar-refractivity contribution is 6.76. The Balaban J connectivity index is 1.90. The van der Waals surface area contributed by atoms with E-state index in [2.05, 4.69) is 34.8 Å². The molecule has 1 aliphatic heterocycles. The Hall–Kier alpha value is -1.78. The zero-order valence-electron chi connectivity index (χ0n) is 17.2. The minimum Gasteiger partial charge on any atom is -0.381 e. The molecule has 1 aliphatic rings. The van der Waals surface area contributed by atoms with Crippen molar-refractivity contribution < 1.29 is 22.6 Å². The van der Waals surface area contributed by atoms with Gasteiger partial charge in [0.25, 0.3) is 0 Å². The maximum absolute atomic E-state index is 13.5. The molecule has 1 atom stereocenters. The van der Waals surface area contributed by atoms with Crippen LogP contribution in [-0.2, 0) is 22.4 Å². The molecule has 0 spiro atoms. The number of hydrogen-bond acceptors (Lipinski definition) is 5. The average Bonchev–Trinajstić information content (AvgIpc) is 3.28. The van der Waals surface area contributed by atoms with Crippen LogP contribution in [0.1, 0.15) is 29.4 Å². The Bertz CT molecular complexity index is 843. The van der Waals surface area contributed by atoms with Gasteiger partial charge in [-0.1, -0.05) is 19.6 Å². The smallest absolute Gasteiger partial charge is 0.381 e. The first kappa shape index (κ1) is 21.9. The van der Waals surface area contributed by atoms with Crippen LogP contribution in [-0.4, -0.2) is 47.6 Å². The molecule has 0 aromatic carbocycles. The van der Waals surface area contributed by atoms with Crippen LogP contribution < -0.4 is 0 Å². The maximum atomic E-state index is 13.5. The van der Waals surface area contributed by atoms with Crippen molar-refractivity contribution in [2.75, 3.05) is 19.8 Å². The van der Waals surface area contributed by atoms with Crippen LogP contribution in [0, 0.1) is 6.92 Å². The van der Waals surface area contributed by atoms with Gasteiger partial charge in [0.05, 0.1) is 6.61 Å². The summed E-state index contributed by atoms with van der Waals surface area (Å²) in [5.74, 6) is -0.765. The monoisotopic (exact) mass is 428 g/mol. The molecule has 29 heavy (non-hydrogen) atoms. The largest absolute Gasteiger partial charge is 0.451 e. The second kappa shape index (κ2) is 8.53. The van der Waals surface area contributed by atoms with Gasteiger partial charge in [-0.15, -0.1) is 10.2 Å². The van der Waals surface area contributed by atoms with Crippen LogP contribution in [0.3, 0.4) is 0 Å². The summed E-state index contributed by atoms with van der Waals surface area (Å²) < 4.78 is 52.4. The van der Waals surface area contributed by atoms with Crippen LogP contribution in [0.5, 0.6) is 0 Å². The van der Waals surface area contributed by atoms with E-state index < -0.39 is 20.1 Å². The van der Waals surface area contributed by atoms with E-state index >= 15 is 0 Å². The number of ether oxygens (including phenoxy) is 2. The lowest BCUT2D eigenvalue weighted by Crippen LogP contribution is -2.23. The fourth-order valence-electron chi connectivity index (χ4n) is 3.25. The van der Waals surface area contributed by atoms with Gasteiger partial charge in [-0.3, -0.25) is 9.55 Å². The van der Waals surface area contributed by atoms with Crippen LogP contribution in [0.4, 0.5) is 13.2 Å². The SMILES string of the molecule is Cc1ncc(-c2nnc(C(F)(F)F)n2COCC[Si](C)(C)C)cc1C1CCOC1. The second-order valence-electron chi connectivity index (χ2n) is 8.58. The van der Waals surface area contributed by atoms with Gasteiger partial charge in [0.2, 0.25) is 5.82 Å². The van der Waals surface area contributed by atoms with E-state index in [4.69, 9.17) is 9.47 Å². The molecular formula is C19H27F3N4O2Si. The molecule has 10 heteroatoms. The molecule has 1 saturated heterocycles. The van der Waals surface area contributed by atoms with Gasteiger partial charge in [-0.05, 0) is 31.0 Å². The lowest BCUT2D eigenvalue weighted by atomic mass is 9.96. The fraction of sp³-hybridized carbons (Fsp3) is 0.632. The van der Waals surface area contributed by atoms with E-state index in [-0.39, 0.29) is 18.5 Å². The third kappa shape index (κ3) is 5.43. The van der Waals surface area contributed by atoms with E-state index in [0.717, 1.165) is 28.3 Å². The number of hydrogen-bond donors (Lipinski definition) is 0. The summed E-state index contributed by atoms with van der Waals surface area (Å²) in [7, 11) is -1.35. The number of aromatic nitrogens is 4. The Labute approximate surface area is 169 Å². The summed E-state index contributed by atoms with van der Waals surface area (Å²) in [4.78, 5) is 4.39. The predicted octanol–water partition coefficient (Wildman–Crippen LogP) is 4.48. The van der Waals surface area contributed by atoms with Gasteiger partial charge in [0.15, 0.2) is 5.82 Å². The molecule has 6 nitrogen and oxygen atoms in total. The average molecular weight is 429 g/mol. The highest BCUT2D eigenvalue weighted by Crippen LogP contribution is 2.33.